The van der Waals surface area contributed by atoms with Crippen LogP contribution in [0.1, 0.15) is 53.8 Å². The number of furan rings is 1. The molecule has 0 spiro atoms. The van der Waals surface area contributed by atoms with Crippen molar-refractivity contribution in [1.29, 1.82) is 0 Å². The number of rotatable bonds is 6. The fourth-order valence-electron chi connectivity index (χ4n) is 3.97. The third-order valence-corrected chi connectivity index (χ3v) is 5.42. The quantitative estimate of drug-likeness (QED) is 0.488. The summed E-state index contributed by atoms with van der Waals surface area (Å²) in [6.07, 6.45) is 1.70. The predicted molar refractivity (Wildman–Crippen MR) is 114 cm³/mol. The molecular weight excluding hydrogens is 362 g/mol. The first-order valence-electron chi connectivity index (χ1n) is 10.0. The molecule has 2 heterocycles. The molecule has 4 rings (SSSR count). The van der Waals surface area contributed by atoms with Crippen LogP contribution < -0.4 is 10.9 Å². The molecule has 0 saturated carbocycles. The molecule has 29 heavy (non-hydrogen) atoms. The summed E-state index contributed by atoms with van der Waals surface area (Å²) in [4.78, 5) is 12.2. The lowest BCUT2D eigenvalue weighted by Gasteiger charge is -2.16. The SMILES string of the molecule is Cc1cc2oc(=O)cc(C[NH2+][C@H](c3ccccc3)c3ccco3)c2cc1C(C)C. The third-order valence-electron chi connectivity index (χ3n) is 5.42. The lowest BCUT2D eigenvalue weighted by Crippen LogP contribution is -2.83. The van der Waals surface area contributed by atoms with Crippen molar-refractivity contribution in [3.63, 3.8) is 0 Å². The van der Waals surface area contributed by atoms with Crippen LogP contribution in [0.5, 0.6) is 0 Å². The molecule has 0 unspecified atom stereocenters. The molecule has 0 saturated heterocycles. The van der Waals surface area contributed by atoms with Crippen LogP contribution in [0.4, 0.5) is 0 Å². The Morgan fingerprint density at radius 3 is 2.48 bits per heavy atom. The van der Waals surface area contributed by atoms with Gasteiger partial charge in [-0.15, -0.1) is 0 Å². The third kappa shape index (κ3) is 4.03. The Kier molecular flexibility index (Phi) is 5.36. The van der Waals surface area contributed by atoms with Gasteiger partial charge in [0, 0.05) is 22.6 Å². The van der Waals surface area contributed by atoms with Crippen molar-refractivity contribution >= 4 is 11.0 Å². The van der Waals surface area contributed by atoms with Gasteiger partial charge in [-0.2, -0.15) is 0 Å². The van der Waals surface area contributed by atoms with E-state index in [1.54, 1.807) is 12.3 Å². The van der Waals surface area contributed by atoms with Gasteiger partial charge in [-0.3, -0.25) is 0 Å². The standard InChI is InChI=1S/C25H25NO3/c1-16(2)20-14-21-19(13-24(27)29-23(21)12-17(20)3)15-26-25(22-10-7-11-28-22)18-8-5-4-6-9-18/h4-14,16,25-26H,15H2,1-3H3/p+1/t25-/m1/s1. The second-order valence-electron chi connectivity index (χ2n) is 7.79. The molecule has 2 aromatic carbocycles. The van der Waals surface area contributed by atoms with Crippen molar-refractivity contribution in [1.82, 2.24) is 0 Å². The summed E-state index contributed by atoms with van der Waals surface area (Å²) >= 11 is 0. The second-order valence-corrected chi connectivity index (χ2v) is 7.79. The normalized spacial score (nSPS) is 12.6. The van der Waals surface area contributed by atoms with Gasteiger partial charge in [0.2, 0.25) is 0 Å². The Balaban J connectivity index is 1.73. The van der Waals surface area contributed by atoms with E-state index in [9.17, 15) is 4.79 Å². The molecule has 2 N–H and O–H groups in total. The molecule has 4 aromatic rings. The number of aryl methyl sites for hydroxylation is 1. The van der Waals surface area contributed by atoms with Gasteiger partial charge in [-0.25, -0.2) is 4.79 Å². The fourth-order valence-corrected chi connectivity index (χ4v) is 3.97. The molecular formula is C25H26NO3+. The van der Waals surface area contributed by atoms with E-state index in [1.807, 2.05) is 36.4 Å². The zero-order chi connectivity index (χ0) is 20.4. The van der Waals surface area contributed by atoms with Crippen molar-refractivity contribution in [3.05, 3.63) is 105 Å². The molecule has 0 amide bonds. The molecule has 0 fully saturated rings. The molecule has 2 aromatic heterocycles. The number of hydrogen-bond acceptors (Lipinski definition) is 3. The highest BCUT2D eigenvalue weighted by Crippen LogP contribution is 2.27. The highest BCUT2D eigenvalue weighted by molar-refractivity contribution is 5.82. The summed E-state index contributed by atoms with van der Waals surface area (Å²) in [5.41, 5.74) is 4.90. The molecule has 0 aliphatic rings. The number of quaternary nitrogens is 1. The summed E-state index contributed by atoms with van der Waals surface area (Å²) in [5.74, 6) is 1.30. The minimum absolute atomic E-state index is 0.0171. The minimum atomic E-state index is -0.313. The van der Waals surface area contributed by atoms with Crippen molar-refractivity contribution < 1.29 is 14.2 Å². The van der Waals surface area contributed by atoms with Gasteiger partial charge < -0.3 is 14.2 Å². The summed E-state index contributed by atoms with van der Waals surface area (Å²) in [5, 5.41) is 3.21. The Labute approximate surface area is 170 Å². The predicted octanol–water partition coefficient (Wildman–Crippen LogP) is 4.67. The highest BCUT2D eigenvalue weighted by atomic mass is 16.4. The Morgan fingerprint density at radius 1 is 1.00 bits per heavy atom. The monoisotopic (exact) mass is 388 g/mol. The number of benzene rings is 2. The van der Waals surface area contributed by atoms with E-state index in [4.69, 9.17) is 8.83 Å². The van der Waals surface area contributed by atoms with E-state index < -0.39 is 0 Å². The zero-order valence-electron chi connectivity index (χ0n) is 17.0. The van der Waals surface area contributed by atoms with Gasteiger partial charge in [0.25, 0.3) is 0 Å². The van der Waals surface area contributed by atoms with Gasteiger partial charge in [0.1, 0.15) is 12.1 Å². The Hall–Kier alpha value is -3.11. The van der Waals surface area contributed by atoms with E-state index in [1.165, 1.54) is 5.56 Å². The highest BCUT2D eigenvalue weighted by Gasteiger charge is 2.21. The number of hydrogen-bond donors (Lipinski definition) is 1. The van der Waals surface area contributed by atoms with E-state index >= 15 is 0 Å². The average Bonchev–Trinajstić information content (AvgIpc) is 3.22. The van der Waals surface area contributed by atoms with E-state index in [2.05, 4.69) is 44.3 Å². The summed E-state index contributed by atoms with van der Waals surface area (Å²) in [6, 6.07) is 20.0. The van der Waals surface area contributed by atoms with Crippen molar-refractivity contribution in [2.24, 2.45) is 0 Å². The smallest absolute Gasteiger partial charge is 0.336 e. The van der Waals surface area contributed by atoms with Crippen LogP contribution in [-0.2, 0) is 6.54 Å². The number of nitrogens with two attached hydrogens (primary N) is 1. The molecule has 148 valence electrons. The molecule has 1 atom stereocenters. The first kappa shape index (κ1) is 19.2. The van der Waals surface area contributed by atoms with Crippen LogP contribution in [0.25, 0.3) is 11.0 Å². The van der Waals surface area contributed by atoms with Gasteiger partial charge in [0.15, 0.2) is 11.8 Å². The molecule has 4 heteroatoms. The second kappa shape index (κ2) is 8.10. The van der Waals surface area contributed by atoms with Crippen molar-refractivity contribution in [2.75, 3.05) is 0 Å². The maximum Gasteiger partial charge on any atom is 0.336 e. The first-order valence-corrected chi connectivity index (χ1v) is 10.0. The summed E-state index contributed by atoms with van der Waals surface area (Å²) in [7, 11) is 0. The summed E-state index contributed by atoms with van der Waals surface area (Å²) < 4.78 is 11.2. The van der Waals surface area contributed by atoms with E-state index in [-0.39, 0.29) is 11.7 Å². The van der Waals surface area contributed by atoms with Gasteiger partial charge >= 0.3 is 5.63 Å². The minimum Gasteiger partial charge on any atom is -0.463 e. The lowest BCUT2D eigenvalue weighted by atomic mass is 9.94. The Morgan fingerprint density at radius 2 is 1.79 bits per heavy atom. The zero-order valence-corrected chi connectivity index (χ0v) is 17.0. The lowest BCUT2D eigenvalue weighted by molar-refractivity contribution is -0.704. The van der Waals surface area contributed by atoms with Crippen LogP contribution >= 0.6 is 0 Å². The first-order chi connectivity index (χ1) is 14.0. The van der Waals surface area contributed by atoms with Crippen LogP contribution in [0, 0.1) is 6.92 Å². The average molecular weight is 388 g/mol. The fraction of sp³-hybridized carbons (Fsp3) is 0.240. The van der Waals surface area contributed by atoms with Gasteiger partial charge in [-0.05, 0) is 48.2 Å². The molecule has 0 radical (unpaired) electrons. The van der Waals surface area contributed by atoms with Gasteiger partial charge in [-0.1, -0.05) is 44.2 Å². The maximum atomic E-state index is 12.2. The van der Waals surface area contributed by atoms with Crippen molar-refractivity contribution in [2.45, 2.75) is 39.3 Å². The largest absolute Gasteiger partial charge is 0.463 e. The van der Waals surface area contributed by atoms with Gasteiger partial charge in [0.05, 0.1) is 6.26 Å². The molecule has 0 aliphatic heterocycles. The molecule has 0 bridgehead atoms. The number of fused-ring (bicyclic) bond motifs is 1. The van der Waals surface area contributed by atoms with Crippen LogP contribution in [-0.4, -0.2) is 0 Å². The van der Waals surface area contributed by atoms with Crippen LogP contribution in [0.3, 0.4) is 0 Å². The Bertz CT molecular complexity index is 1160. The molecule has 4 nitrogen and oxygen atoms in total. The van der Waals surface area contributed by atoms with E-state index in [0.717, 1.165) is 27.8 Å². The van der Waals surface area contributed by atoms with E-state index in [0.29, 0.717) is 18.0 Å². The van der Waals surface area contributed by atoms with Crippen LogP contribution in [0.2, 0.25) is 0 Å². The van der Waals surface area contributed by atoms with Crippen LogP contribution in [0.15, 0.2) is 80.6 Å². The summed E-state index contributed by atoms with van der Waals surface area (Å²) in [6.45, 7) is 7.07. The molecule has 0 aliphatic carbocycles. The topological polar surface area (TPSA) is 60.0 Å². The van der Waals surface area contributed by atoms with Crippen molar-refractivity contribution in [3.8, 4) is 0 Å². The maximum absolute atomic E-state index is 12.2.